The summed E-state index contributed by atoms with van der Waals surface area (Å²) in [5, 5.41) is 0. The molecule has 1 aromatic rings. The van der Waals surface area contributed by atoms with E-state index in [0.29, 0.717) is 0 Å². The van der Waals surface area contributed by atoms with Crippen molar-refractivity contribution in [2.75, 3.05) is 13.7 Å². The second kappa shape index (κ2) is 8.45. The second-order valence-electron chi connectivity index (χ2n) is 6.31. The van der Waals surface area contributed by atoms with Crippen LogP contribution in [0.4, 0.5) is 3.89 Å². The topological polar surface area (TPSA) is 105 Å². The Morgan fingerprint density at radius 1 is 1.19 bits per heavy atom. The van der Waals surface area contributed by atoms with Gasteiger partial charge in [0.05, 0.1) is 19.3 Å². The van der Waals surface area contributed by atoms with Gasteiger partial charge < -0.3 is 18.4 Å². The minimum Gasteiger partial charge on any atom is -0.465 e. The van der Waals surface area contributed by atoms with E-state index in [-0.39, 0.29) is 35.7 Å². The molecule has 1 aromatic carbocycles. The van der Waals surface area contributed by atoms with Crippen LogP contribution in [0.15, 0.2) is 12.1 Å². The second-order valence-corrected chi connectivity index (χ2v) is 7.27. The Bertz CT molecular complexity index is 780. The number of methoxy groups -OCH3 is 1. The molecule has 0 aliphatic heterocycles. The van der Waals surface area contributed by atoms with Crippen LogP contribution >= 0.6 is 0 Å². The van der Waals surface area contributed by atoms with Crippen molar-refractivity contribution < 1.29 is 40.3 Å². The number of esters is 2. The van der Waals surface area contributed by atoms with Crippen molar-refractivity contribution in [1.29, 1.82) is 0 Å². The maximum atomic E-state index is 12.9. The molecular formula is C16H21FO8S. The van der Waals surface area contributed by atoms with Crippen molar-refractivity contribution in [3.63, 3.8) is 0 Å². The van der Waals surface area contributed by atoms with Gasteiger partial charge in [0.25, 0.3) is 0 Å². The van der Waals surface area contributed by atoms with E-state index >= 15 is 0 Å². The van der Waals surface area contributed by atoms with E-state index in [2.05, 4.69) is 8.92 Å². The molecule has 10 heteroatoms. The molecule has 0 unspecified atom stereocenters. The highest BCUT2D eigenvalue weighted by Crippen LogP contribution is 2.27. The van der Waals surface area contributed by atoms with Crippen LogP contribution in [0.5, 0.6) is 5.75 Å². The van der Waals surface area contributed by atoms with E-state index < -0.39 is 28.0 Å². The highest BCUT2D eigenvalue weighted by Gasteiger charge is 2.20. The number of carbonyl (C=O) groups is 2. The summed E-state index contributed by atoms with van der Waals surface area (Å²) in [5.74, 6) is -1.75. The van der Waals surface area contributed by atoms with E-state index in [1.165, 1.54) is 19.1 Å². The molecule has 0 heterocycles. The zero-order valence-corrected chi connectivity index (χ0v) is 15.9. The van der Waals surface area contributed by atoms with Crippen molar-refractivity contribution >= 4 is 22.4 Å². The molecular weight excluding hydrogens is 371 g/mol. The Morgan fingerprint density at radius 3 is 2.31 bits per heavy atom. The molecule has 26 heavy (non-hydrogen) atoms. The molecule has 0 N–H and O–H groups in total. The molecule has 0 amide bonds. The van der Waals surface area contributed by atoms with Gasteiger partial charge in [0, 0.05) is 5.56 Å². The van der Waals surface area contributed by atoms with Gasteiger partial charge in [0.1, 0.15) is 18.0 Å². The van der Waals surface area contributed by atoms with Crippen LogP contribution in [0.2, 0.25) is 0 Å². The average molecular weight is 392 g/mol. The van der Waals surface area contributed by atoms with Gasteiger partial charge >= 0.3 is 22.4 Å². The highest BCUT2D eigenvalue weighted by atomic mass is 32.3. The molecule has 0 radical (unpaired) electrons. The highest BCUT2D eigenvalue weighted by molar-refractivity contribution is 7.81. The number of benzene rings is 1. The zero-order chi connectivity index (χ0) is 20.1. The summed E-state index contributed by atoms with van der Waals surface area (Å²) >= 11 is 0. The van der Waals surface area contributed by atoms with Crippen LogP contribution in [-0.4, -0.2) is 39.7 Å². The lowest BCUT2D eigenvalue weighted by Crippen LogP contribution is -2.26. The first-order valence-corrected chi connectivity index (χ1v) is 8.79. The Morgan fingerprint density at radius 2 is 1.81 bits per heavy atom. The van der Waals surface area contributed by atoms with Gasteiger partial charge in [-0.15, -0.1) is 0 Å². The summed E-state index contributed by atoms with van der Waals surface area (Å²) in [4.78, 5) is 23.4. The van der Waals surface area contributed by atoms with Crippen molar-refractivity contribution in [2.24, 2.45) is 0 Å². The zero-order valence-electron chi connectivity index (χ0n) is 15.1. The van der Waals surface area contributed by atoms with Gasteiger partial charge in [-0.2, -0.15) is 8.42 Å². The summed E-state index contributed by atoms with van der Waals surface area (Å²) in [5.41, 5.74) is -0.338. The molecule has 0 aliphatic rings. The lowest BCUT2D eigenvalue weighted by Gasteiger charge is -2.19. The first kappa shape index (κ1) is 21.8. The smallest absolute Gasteiger partial charge is 0.465 e. The molecule has 8 nitrogen and oxygen atoms in total. The predicted molar refractivity (Wildman–Crippen MR) is 88.7 cm³/mol. The van der Waals surface area contributed by atoms with Crippen LogP contribution in [0.3, 0.4) is 0 Å². The van der Waals surface area contributed by atoms with Gasteiger partial charge in [-0.25, -0.2) is 9.59 Å². The Balaban J connectivity index is 2.98. The molecule has 0 saturated heterocycles. The SMILES string of the molecule is COC(=O)c1cc(COCC(=O)OC(C)(C)C)cc(OS(=O)(=O)F)c1C. The number of carbonyl (C=O) groups excluding carboxylic acids is 2. The first-order valence-electron chi connectivity index (χ1n) is 7.48. The minimum absolute atomic E-state index is 0.0236. The number of hydrogen-bond acceptors (Lipinski definition) is 8. The monoisotopic (exact) mass is 392 g/mol. The molecule has 0 bridgehead atoms. The standard InChI is InChI=1S/C16H21FO8S/c1-10-12(15(19)22-5)6-11(7-13(10)25-26(17,20)21)8-23-9-14(18)24-16(2,3)4/h6-7H,8-9H2,1-5H3. The lowest BCUT2D eigenvalue weighted by molar-refractivity contribution is -0.160. The van der Waals surface area contributed by atoms with Crippen molar-refractivity contribution in [3.05, 3.63) is 28.8 Å². The van der Waals surface area contributed by atoms with Crippen LogP contribution in [-0.2, 0) is 36.1 Å². The normalized spacial score (nSPS) is 11.8. The van der Waals surface area contributed by atoms with Crippen LogP contribution < -0.4 is 4.18 Å². The van der Waals surface area contributed by atoms with E-state index in [1.54, 1.807) is 20.8 Å². The summed E-state index contributed by atoms with van der Waals surface area (Å²) in [6, 6.07) is 2.56. The summed E-state index contributed by atoms with van der Waals surface area (Å²) in [7, 11) is -4.15. The molecule has 0 aliphatic carbocycles. The molecule has 146 valence electrons. The van der Waals surface area contributed by atoms with Crippen molar-refractivity contribution in [2.45, 2.75) is 39.9 Å². The molecule has 0 atom stereocenters. The Labute approximate surface area is 151 Å². The van der Waals surface area contributed by atoms with E-state index in [1.807, 2.05) is 0 Å². The molecule has 0 aromatic heterocycles. The van der Waals surface area contributed by atoms with Crippen molar-refractivity contribution in [1.82, 2.24) is 0 Å². The number of ether oxygens (including phenoxy) is 3. The molecule has 1 rings (SSSR count). The maximum Gasteiger partial charge on any atom is 0.488 e. The Kier molecular flexibility index (Phi) is 7.10. The molecule has 0 spiro atoms. The minimum atomic E-state index is -5.29. The predicted octanol–water partition coefficient (Wildman–Crippen LogP) is 2.23. The molecule has 0 fully saturated rings. The van der Waals surface area contributed by atoms with E-state index in [9.17, 15) is 21.9 Å². The molecule has 0 saturated carbocycles. The largest absolute Gasteiger partial charge is 0.488 e. The fourth-order valence-corrected chi connectivity index (χ4v) is 2.35. The lowest BCUT2D eigenvalue weighted by atomic mass is 10.0. The Hall–Kier alpha value is -2.20. The number of rotatable bonds is 7. The van der Waals surface area contributed by atoms with Crippen molar-refractivity contribution in [3.8, 4) is 5.75 Å². The summed E-state index contributed by atoms with van der Waals surface area (Å²) in [6.45, 7) is 5.94. The van der Waals surface area contributed by atoms with Gasteiger partial charge in [0.2, 0.25) is 0 Å². The third-order valence-corrected chi connectivity index (χ3v) is 3.30. The third kappa shape index (κ3) is 7.36. The van der Waals surface area contributed by atoms with Gasteiger partial charge in [-0.1, -0.05) is 3.89 Å². The third-order valence-electron chi connectivity index (χ3n) is 2.92. The van der Waals surface area contributed by atoms with E-state index in [0.717, 1.165) is 7.11 Å². The van der Waals surface area contributed by atoms with E-state index in [4.69, 9.17) is 9.47 Å². The van der Waals surface area contributed by atoms with Gasteiger partial charge in [-0.05, 0) is 45.4 Å². The fourth-order valence-electron chi connectivity index (χ4n) is 1.97. The number of halogens is 1. The van der Waals surface area contributed by atoms with Crippen LogP contribution in [0.1, 0.15) is 42.3 Å². The van der Waals surface area contributed by atoms with Crippen LogP contribution in [0.25, 0.3) is 0 Å². The van der Waals surface area contributed by atoms with Gasteiger partial charge in [0.15, 0.2) is 0 Å². The summed E-state index contributed by atoms with van der Waals surface area (Å²) < 4.78 is 53.5. The first-order chi connectivity index (χ1) is 11.8. The van der Waals surface area contributed by atoms with Crippen LogP contribution in [0, 0.1) is 6.92 Å². The summed E-state index contributed by atoms with van der Waals surface area (Å²) in [6.07, 6.45) is 0. The number of hydrogen-bond donors (Lipinski definition) is 0. The maximum absolute atomic E-state index is 12.9. The fraction of sp³-hybridized carbons (Fsp3) is 0.500. The van der Waals surface area contributed by atoms with Gasteiger partial charge in [-0.3, -0.25) is 0 Å². The average Bonchev–Trinajstić information content (AvgIpc) is 2.46. The quantitative estimate of drug-likeness (QED) is 0.514.